The van der Waals surface area contributed by atoms with Crippen LogP contribution in [0.3, 0.4) is 0 Å². The van der Waals surface area contributed by atoms with Gasteiger partial charge < -0.3 is 10.2 Å². The average molecular weight is 441 g/mol. The number of ketones is 1. The number of hydrogen-bond donors (Lipinski definition) is 1. The Morgan fingerprint density at radius 1 is 0.939 bits per heavy atom. The SMILES string of the molecule is O=C(C1CCC1)C(C1CCc2ccccc2N1)N1CCN(c2nccc3ccccc23)CC1. The van der Waals surface area contributed by atoms with Crippen molar-refractivity contribution in [1.29, 1.82) is 0 Å². The van der Waals surface area contributed by atoms with E-state index in [1.807, 2.05) is 6.20 Å². The summed E-state index contributed by atoms with van der Waals surface area (Å²) in [5.74, 6) is 1.79. The van der Waals surface area contributed by atoms with Gasteiger partial charge in [0.25, 0.3) is 0 Å². The predicted octanol–water partition coefficient (Wildman–Crippen LogP) is 4.52. The molecule has 6 rings (SSSR count). The topological polar surface area (TPSA) is 48.5 Å². The molecule has 2 aliphatic heterocycles. The molecular weight excluding hydrogens is 408 g/mol. The molecule has 0 amide bonds. The molecule has 3 aromatic rings. The fraction of sp³-hybridized carbons (Fsp3) is 0.429. The van der Waals surface area contributed by atoms with E-state index in [9.17, 15) is 4.79 Å². The van der Waals surface area contributed by atoms with Crippen molar-refractivity contribution < 1.29 is 4.79 Å². The quantitative estimate of drug-likeness (QED) is 0.632. The van der Waals surface area contributed by atoms with Crippen molar-refractivity contribution in [3.05, 3.63) is 66.4 Å². The molecule has 2 unspecified atom stereocenters. The average Bonchev–Trinajstić information content (AvgIpc) is 2.83. The second kappa shape index (κ2) is 8.79. The number of nitrogens with zero attached hydrogens (tertiary/aromatic N) is 3. The van der Waals surface area contributed by atoms with Crippen LogP contribution in [0.4, 0.5) is 11.5 Å². The summed E-state index contributed by atoms with van der Waals surface area (Å²) in [6.45, 7) is 3.60. The molecule has 1 saturated carbocycles. The first-order valence-corrected chi connectivity index (χ1v) is 12.5. The van der Waals surface area contributed by atoms with E-state index in [4.69, 9.17) is 4.98 Å². The lowest BCUT2D eigenvalue weighted by molar-refractivity contribution is -0.131. The van der Waals surface area contributed by atoms with Gasteiger partial charge in [0.05, 0.1) is 6.04 Å². The lowest BCUT2D eigenvalue weighted by Gasteiger charge is -2.45. The molecule has 0 spiro atoms. The van der Waals surface area contributed by atoms with Gasteiger partial charge >= 0.3 is 0 Å². The number of para-hydroxylation sites is 1. The van der Waals surface area contributed by atoms with E-state index in [0.29, 0.717) is 5.78 Å². The van der Waals surface area contributed by atoms with Crippen molar-refractivity contribution in [3.63, 3.8) is 0 Å². The molecule has 5 heteroatoms. The molecule has 170 valence electrons. The molecule has 3 heterocycles. The van der Waals surface area contributed by atoms with Crippen LogP contribution >= 0.6 is 0 Å². The van der Waals surface area contributed by atoms with E-state index in [0.717, 1.165) is 57.7 Å². The van der Waals surface area contributed by atoms with Crippen LogP contribution in [0, 0.1) is 5.92 Å². The Morgan fingerprint density at radius 3 is 2.55 bits per heavy atom. The lowest BCUT2D eigenvalue weighted by atomic mass is 9.76. The molecule has 1 aromatic heterocycles. The Hall–Kier alpha value is -2.92. The third-order valence-electron chi connectivity index (χ3n) is 7.92. The van der Waals surface area contributed by atoms with Gasteiger partial charge in [0, 0.05) is 55.4 Å². The third-order valence-corrected chi connectivity index (χ3v) is 7.92. The molecule has 1 N–H and O–H groups in total. The highest BCUT2D eigenvalue weighted by Gasteiger charge is 2.41. The zero-order valence-corrected chi connectivity index (χ0v) is 19.1. The largest absolute Gasteiger partial charge is 0.380 e. The van der Waals surface area contributed by atoms with E-state index in [-0.39, 0.29) is 18.0 Å². The van der Waals surface area contributed by atoms with Crippen LogP contribution in [0.25, 0.3) is 10.8 Å². The first-order valence-electron chi connectivity index (χ1n) is 12.5. The van der Waals surface area contributed by atoms with Gasteiger partial charge in [-0.05, 0) is 48.8 Å². The number of nitrogens with one attached hydrogen (secondary N) is 1. The van der Waals surface area contributed by atoms with Crippen molar-refractivity contribution in [2.45, 2.75) is 44.2 Å². The first kappa shape index (κ1) is 20.7. The molecule has 2 aromatic carbocycles. The van der Waals surface area contributed by atoms with Crippen LogP contribution in [0.2, 0.25) is 0 Å². The molecule has 5 nitrogen and oxygen atoms in total. The molecule has 3 aliphatic rings. The number of pyridine rings is 1. The molecule has 0 bridgehead atoms. The highest BCUT2D eigenvalue weighted by Crippen LogP contribution is 2.34. The van der Waals surface area contributed by atoms with Crippen LogP contribution in [-0.2, 0) is 11.2 Å². The second-order valence-corrected chi connectivity index (χ2v) is 9.80. The van der Waals surface area contributed by atoms with E-state index < -0.39 is 0 Å². The Kier molecular flexibility index (Phi) is 5.50. The summed E-state index contributed by atoms with van der Waals surface area (Å²) in [4.78, 5) is 23.2. The van der Waals surface area contributed by atoms with E-state index >= 15 is 0 Å². The summed E-state index contributed by atoms with van der Waals surface area (Å²) in [7, 11) is 0. The number of aromatic nitrogens is 1. The molecule has 0 radical (unpaired) electrons. The van der Waals surface area contributed by atoms with E-state index in [2.05, 4.69) is 69.7 Å². The van der Waals surface area contributed by atoms with Gasteiger partial charge in [-0.3, -0.25) is 9.69 Å². The second-order valence-electron chi connectivity index (χ2n) is 9.80. The maximum absolute atomic E-state index is 13.7. The maximum atomic E-state index is 13.7. The van der Waals surface area contributed by atoms with Gasteiger partial charge in [0.15, 0.2) is 5.78 Å². The lowest BCUT2D eigenvalue weighted by Crippen LogP contribution is -2.60. The number of rotatable bonds is 5. The molecule has 2 atom stereocenters. The Labute approximate surface area is 195 Å². The maximum Gasteiger partial charge on any atom is 0.155 e. The fourth-order valence-corrected chi connectivity index (χ4v) is 5.83. The van der Waals surface area contributed by atoms with Gasteiger partial charge in [-0.15, -0.1) is 0 Å². The summed E-state index contributed by atoms with van der Waals surface area (Å²) in [6.07, 6.45) is 7.31. The van der Waals surface area contributed by atoms with E-state index in [1.54, 1.807) is 0 Å². The number of carbonyl (C=O) groups excluding carboxylic acids is 1. The number of carbonyl (C=O) groups is 1. The van der Waals surface area contributed by atoms with Crippen LogP contribution in [0.1, 0.15) is 31.2 Å². The monoisotopic (exact) mass is 440 g/mol. The third kappa shape index (κ3) is 3.89. The van der Waals surface area contributed by atoms with Crippen molar-refractivity contribution in [1.82, 2.24) is 9.88 Å². The van der Waals surface area contributed by atoms with Crippen LogP contribution in [-0.4, -0.2) is 53.9 Å². The zero-order chi connectivity index (χ0) is 22.2. The van der Waals surface area contributed by atoms with Crippen LogP contribution < -0.4 is 10.2 Å². The van der Waals surface area contributed by atoms with Crippen molar-refractivity contribution >= 4 is 28.1 Å². The summed E-state index contributed by atoms with van der Waals surface area (Å²) < 4.78 is 0. The first-order chi connectivity index (χ1) is 16.3. The van der Waals surface area contributed by atoms with Crippen molar-refractivity contribution in [2.75, 3.05) is 36.4 Å². The summed E-state index contributed by atoms with van der Waals surface area (Å²) in [5, 5.41) is 6.20. The van der Waals surface area contributed by atoms with Gasteiger partial charge in [0.2, 0.25) is 0 Å². The van der Waals surface area contributed by atoms with Gasteiger partial charge in [-0.2, -0.15) is 0 Å². The number of aryl methyl sites for hydroxylation is 1. The summed E-state index contributed by atoms with van der Waals surface area (Å²) in [6, 6.07) is 19.3. The van der Waals surface area contributed by atoms with E-state index in [1.165, 1.54) is 28.4 Å². The molecule has 2 fully saturated rings. The number of piperazine rings is 1. The zero-order valence-electron chi connectivity index (χ0n) is 19.1. The minimum atomic E-state index is -0.0358. The van der Waals surface area contributed by atoms with Gasteiger partial charge in [-0.25, -0.2) is 4.98 Å². The number of Topliss-reactive ketones (excluding diaryl/α,β-unsaturated/α-hetero) is 1. The molecular formula is C28H32N4O. The Morgan fingerprint density at radius 2 is 1.73 bits per heavy atom. The molecule has 1 saturated heterocycles. The minimum Gasteiger partial charge on any atom is -0.380 e. The van der Waals surface area contributed by atoms with Crippen molar-refractivity contribution in [2.24, 2.45) is 5.92 Å². The van der Waals surface area contributed by atoms with Gasteiger partial charge in [0.1, 0.15) is 5.82 Å². The Bertz CT molecular complexity index is 1140. The fourth-order valence-electron chi connectivity index (χ4n) is 5.83. The summed E-state index contributed by atoms with van der Waals surface area (Å²) >= 11 is 0. The minimum absolute atomic E-state index is 0.0358. The number of hydrogen-bond acceptors (Lipinski definition) is 5. The number of anilines is 2. The van der Waals surface area contributed by atoms with Crippen LogP contribution in [0.15, 0.2) is 60.8 Å². The Balaban J connectivity index is 1.22. The number of benzene rings is 2. The molecule has 33 heavy (non-hydrogen) atoms. The summed E-state index contributed by atoms with van der Waals surface area (Å²) in [5.41, 5.74) is 2.58. The smallest absolute Gasteiger partial charge is 0.155 e. The standard InChI is InChI=1S/C28H32N4O/c33-27(22-8-5-9-22)26(25-13-12-21-7-2-4-11-24(21)30-25)31-16-18-32(19-17-31)28-23-10-3-1-6-20(23)14-15-29-28/h1-4,6-7,10-11,14-15,22,25-26,30H,5,8-9,12-13,16-19H2. The normalized spacial score (nSPS) is 22.3. The van der Waals surface area contributed by atoms with Gasteiger partial charge in [-0.1, -0.05) is 48.9 Å². The van der Waals surface area contributed by atoms with Crippen molar-refractivity contribution in [3.8, 4) is 0 Å². The van der Waals surface area contributed by atoms with Crippen LogP contribution in [0.5, 0.6) is 0 Å². The highest BCUT2D eigenvalue weighted by molar-refractivity contribution is 5.92. The predicted molar refractivity (Wildman–Crippen MR) is 134 cm³/mol. The molecule has 1 aliphatic carbocycles. The number of fused-ring (bicyclic) bond motifs is 2. The highest BCUT2D eigenvalue weighted by atomic mass is 16.1.